The van der Waals surface area contributed by atoms with Gasteiger partial charge in [0.2, 0.25) is 0 Å². The third-order valence-electron chi connectivity index (χ3n) is 5.81. The maximum atomic E-state index is 13.1. The molecule has 0 saturated carbocycles. The zero-order chi connectivity index (χ0) is 22.9. The molecule has 0 bridgehead atoms. The van der Waals surface area contributed by atoms with Gasteiger partial charge in [0.05, 0.1) is 24.0 Å². The second-order valence-electron chi connectivity index (χ2n) is 7.95. The van der Waals surface area contributed by atoms with Crippen LogP contribution in [0.5, 0.6) is 0 Å². The first kappa shape index (κ1) is 22.8. The second kappa shape index (κ2) is 9.23. The summed E-state index contributed by atoms with van der Waals surface area (Å²) in [6.07, 6.45) is 0.0622. The predicted octanol–water partition coefficient (Wildman–Crippen LogP) is 3.52. The lowest BCUT2D eigenvalue weighted by atomic mass is 10.1. The third-order valence-corrected chi connectivity index (χ3v) is 9.02. The first-order valence-corrected chi connectivity index (χ1v) is 13.4. The molecule has 9 heteroatoms. The molecule has 2 aromatic rings. The van der Waals surface area contributed by atoms with E-state index < -0.39 is 9.84 Å². The van der Waals surface area contributed by atoms with Crippen molar-refractivity contribution in [3.63, 3.8) is 0 Å². The topological polar surface area (TPSA) is 70.0 Å². The summed E-state index contributed by atoms with van der Waals surface area (Å²) in [6.45, 7) is 5.98. The highest BCUT2D eigenvalue weighted by molar-refractivity contribution is 8.16. The van der Waals surface area contributed by atoms with Gasteiger partial charge in [0.15, 0.2) is 15.0 Å². The Labute approximate surface area is 192 Å². The minimum Gasteiger partial charge on any atom is -0.372 e. The van der Waals surface area contributed by atoms with Crippen LogP contribution in [-0.2, 0) is 21.1 Å². The molecule has 6 nitrogen and oxygen atoms in total. The molecule has 0 aromatic heterocycles. The van der Waals surface area contributed by atoms with Crippen LogP contribution in [0.25, 0.3) is 0 Å². The molecule has 2 fully saturated rings. The molecule has 2 aliphatic heterocycles. The number of halogens is 1. The number of hydrogen-bond acceptors (Lipinski definition) is 5. The van der Waals surface area contributed by atoms with Crippen molar-refractivity contribution in [2.45, 2.75) is 31.6 Å². The van der Waals surface area contributed by atoms with Gasteiger partial charge in [-0.25, -0.2) is 12.8 Å². The number of fused-ring (bicyclic) bond motifs is 1. The van der Waals surface area contributed by atoms with Crippen molar-refractivity contribution in [2.24, 2.45) is 4.99 Å². The summed E-state index contributed by atoms with van der Waals surface area (Å²) in [4.78, 5) is 21.1. The first-order valence-electron chi connectivity index (χ1n) is 10.7. The smallest absolute Gasteiger partial charge is 0.252 e. The van der Waals surface area contributed by atoms with Gasteiger partial charge in [-0.15, -0.1) is 0 Å². The van der Waals surface area contributed by atoms with Crippen LogP contribution in [0, 0.1) is 5.82 Å². The largest absolute Gasteiger partial charge is 0.372 e. The molecule has 2 saturated heterocycles. The van der Waals surface area contributed by atoms with Crippen molar-refractivity contribution in [2.75, 3.05) is 34.4 Å². The van der Waals surface area contributed by atoms with Crippen LogP contribution in [-0.4, -0.2) is 55.4 Å². The minimum atomic E-state index is -3.13. The summed E-state index contributed by atoms with van der Waals surface area (Å²) in [5.74, 6) is -0.561. The molecule has 0 N–H and O–H groups in total. The Hall–Kier alpha value is -2.39. The fourth-order valence-corrected chi connectivity index (χ4v) is 8.13. The van der Waals surface area contributed by atoms with Crippen LogP contribution in [0.2, 0.25) is 0 Å². The number of sulfone groups is 1. The number of hydrogen-bond donors (Lipinski definition) is 0. The minimum absolute atomic E-state index is 0.0492. The van der Waals surface area contributed by atoms with Gasteiger partial charge in [-0.05, 0) is 55.8 Å². The summed E-state index contributed by atoms with van der Waals surface area (Å²) in [5, 5.41) is 0.373. The van der Waals surface area contributed by atoms with Gasteiger partial charge < -0.3 is 9.80 Å². The molecular weight excluding hydrogens is 449 g/mol. The average molecular weight is 476 g/mol. The number of benzene rings is 2. The molecule has 0 unspecified atom stereocenters. The Morgan fingerprint density at radius 2 is 1.75 bits per heavy atom. The van der Waals surface area contributed by atoms with E-state index in [2.05, 4.69) is 23.7 Å². The zero-order valence-corrected chi connectivity index (χ0v) is 19.7. The van der Waals surface area contributed by atoms with Crippen molar-refractivity contribution < 1.29 is 17.6 Å². The van der Waals surface area contributed by atoms with Gasteiger partial charge in [-0.1, -0.05) is 23.9 Å². The third kappa shape index (κ3) is 4.83. The standard InChI is InChI=1S/C23H26FN3O3S2/c1-3-26(4-2)18-9-11-19(12-10-18)27-20-14-32(29,30)15-21(20)31-23(27)25-22(28)13-16-5-7-17(24)8-6-16/h5-12,20-21H,3-4,13-15H2,1-2H3/t20-,21+/m0/s1. The van der Waals surface area contributed by atoms with Crippen molar-refractivity contribution in [1.29, 1.82) is 0 Å². The summed E-state index contributed by atoms with van der Waals surface area (Å²) in [7, 11) is -3.13. The normalized spacial score (nSPS) is 22.8. The quantitative estimate of drug-likeness (QED) is 0.637. The monoisotopic (exact) mass is 475 g/mol. The Morgan fingerprint density at radius 1 is 1.09 bits per heavy atom. The summed E-state index contributed by atoms with van der Waals surface area (Å²) in [5.41, 5.74) is 2.60. The van der Waals surface area contributed by atoms with Crippen molar-refractivity contribution >= 4 is 44.0 Å². The number of carbonyl (C=O) groups excluding carboxylic acids is 1. The fourth-order valence-electron chi connectivity index (χ4n) is 4.20. The number of thioether (sulfide) groups is 1. The molecule has 0 spiro atoms. The molecule has 2 atom stereocenters. The Morgan fingerprint density at radius 3 is 2.38 bits per heavy atom. The van der Waals surface area contributed by atoms with Crippen molar-refractivity contribution in [3.8, 4) is 0 Å². The molecule has 170 valence electrons. The molecule has 4 rings (SSSR count). The number of carbonyl (C=O) groups is 1. The van der Waals surface area contributed by atoms with E-state index in [9.17, 15) is 17.6 Å². The van der Waals surface area contributed by atoms with Crippen LogP contribution in [0.15, 0.2) is 53.5 Å². The highest BCUT2D eigenvalue weighted by Crippen LogP contribution is 2.41. The van der Waals surface area contributed by atoms with Gasteiger partial charge in [-0.3, -0.25) is 4.79 Å². The lowest BCUT2D eigenvalue weighted by molar-refractivity contribution is -0.117. The van der Waals surface area contributed by atoms with E-state index in [0.717, 1.165) is 24.5 Å². The maximum Gasteiger partial charge on any atom is 0.252 e. The maximum absolute atomic E-state index is 13.1. The summed E-state index contributed by atoms with van der Waals surface area (Å²) >= 11 is 1.35. The molecule has 1 amide bonds. The molecule has 2 aromatic carbocycles. The van der Waals surface area contributed by atoms with E-state index in [1.807, 2.05) is 29.2 Å². The highest BCUT2D eigenvalue weighted by Gasteiger charge is 2.49. The zero-order valence-electron chi connectivity index (χ0n) is 18.1. The average Bonchev–Trinajstić information content (AvgIpc) is 3.22. The van der Waals surface area contributed by atoms with Crippen LogP contribution in [0.1, 0.15) is 19.4 Å². The Bertz CT molecular complexity index is 1110. The van der Waals surface area contributed by atoms with E-state index in [1.165, 1.54) is 23.9 Å². The molecular formula is C23H26FN3O3S2. The molecule has 0 aliphatic carbocycles. The SMILES string of the molecule is CCN(CC)c1ccc(N2C(=NC(=O)Cc3ccc(F)cc3)S[C@@H]3CS(=O)(=O)C[C@@H]32)cc1. The molecule has 32 heavy (non-hydrogen) atoms. The number of aliphatic imine (C=N–C) groups is 1. The Balaban J connectivity index is 1.62. The van der Waals surface area contributed by atoms with E-state index in [1.54, 1.807) is 12.1 Å². The van der Waals surface area contributed by atoms with Crippen molar-refractivity contribution in [3.05, 3.63) is 59.9 Å². The van der Waals surface area contributed by atoms with E-state index >= 15 is 0 Å². The molecule has 2 aliphatic rings. The van der Waals surface area contributed by atoms with Crippen molar-refractivity contribution in [1.82, 2.24) is 0 Å². The van der Waals surface area contributed by atoms with Crippen LogP contribution >= 0.6 is 11.8 Å². The number of nitrogens with zero attached hydrogens (tertiary/aromatic N) is 3. The van der Waals surface area contributed by atoms with Crippen LogP contribution < -0.4 is 9.80 Å². The summed E-state index contributed by atoms with van der Waals surface area (Å²) in [6, 6.07) is 13.5. The van der Waals surface area contributed by atoms with E-state index in [0.29, 0.717) is 10.7 Å². The molecule has 2 heterocycles. The predicted molar refractivity (Wildman–Crippen MR) is 129 cm³/mol. The number of amides is 1. The van der Waals surface area contributed by atoms with Gasteiger partial charge in [0.1, 0.15) is 5.82 Å². The molecule has 0 radical (unpaired) electrons. The lowest BCUT2D eigenvalue weighted by Crippen LogP contribution is -2.37. The van der Waals surface area contributed by atoms with E-state index in [-0.39, 0.29) is 40.9 Å². The Kier molecular flexibility index (Phi) is 6.57. The van der Waals surface area contributed by atoms with Gasteiger partial charge in [-0.2, -0.15) is 4.99 Å². The first-order chi connectivity index (χ1) is 15.3. The van der Waals surface area contributed by atoms with Crippen LogP contribution in [0.3, 0.4) is 0 Å². The van der Waals surface area contributed by atoms with Gasteiger partial charge >= 0.3 is 0 Å². The number of anilines is 2. The van der Waals surface area contributed by atoms with Gasteiger partial charge in [0, 0.05) is 29.7 Å². The fraction of sp³-hybridized carbons (Fsp3) is 0.391. The van der Waals surface area contributed by atoms with Gasteiger partial charge in [0.25, 0.3) is 5.91 Å². The second-order valence-corrected chi connectivity index (χ2v) is 11.3. The van der Waals surface area contributed by atoms with E-state index in [4.69, 9.17) is 0 Å². The number of amidine groups is 1. The number of rotatable bonds is 6. The summed E-state index contributed by atoms with van der Waals surface area (Å²) < 4.78 is 37.6. The highest BCUT2D eigenvalue weighted by atomic mass is 32.2. The van der Waals surface area contributed by atoms with Crippen LogP contribution in [0.4, 0.5) is 15.8 Å². The lowest BCUT2D eigenvalue weighted by Gasteiger charge is -2.26.